The second-order valence-electron chi connectivity index (χ2n) is 3.23. The number of nitrogens with two attached hydrogens (primary N) is 2. The molecule has 1 aromatic carbocycles. The molecule has 0 aliphatic rings. The monoisotopic (exact) mass is 286 g/mol. The lowest BCUT2D eigenvalue weighted by molar-refractivity contribution is -0.134. The Kier molecular flexibility index (Phi) is 9.18. The number of rotatable bonds is 2. The standard InChI is InChI=1S/C6H8N2O2S.C4H6O2.C2H4/c7-5-1-3-6(4-2-5)11(8,9)10;1-3(5)4(2)6;1-2/h1-4H,7H2,(H2,8,9,10);1-2H3;1-2H2. The van der Waals surface area contributed by atoms with Crippen LogP contribution in [0.25, 0.3) is 0 Å². The number of primary sulfonamides is 1. The molecule has 0 bridgehead atoms. The average Bonchev–Trinajstić information content (AvgIpc) is 2.31. The van der Waals surface area contributed by atoms with Gasteiger partial charge in [0.15, 0.2) is 11.6 Å². The molecule has 106 valence electrons. The lowest BCUT2D eigenvalue weighted by atomic mass is 10.3. The van der Waals surface area contributed by atoms with Crippen LogP contribution in [0.1, 0.15) is 13.8 Å². The highest BCUT2D eigenvalue weighted by Crippen LogP contribution is 2.08. The molecule has 0 saturated heterocycles. The van der Waals surface area contributed by atoms with Crippen molar-refractivity contribution in [3.63, 3.8) is 0 Å². The van der Waals surface area contributed by atoms with E-state index in [0.29, 0.717) is 5.69 Å². The van der Waals surface area contributed by atoms with E-state index in [1.54, 1.807) is 0 Å². The Balaban J connectivity index is 0. The Morgan fingerprint density at radius 2 is 1.32 bits per heavy atom. The van der Waals surface area contributed by atoms with E-state index < -0.39 is 10.0 Å². The number of Topliss-reactive ketones (excluding diaryl/α,β-unsaturated/α-hetero) is 2. The summed E-state index contributed by atoms with van der Waals surface area (Å²) in [6.07, 6.45) is 0. The zero-order valence-electron chi connectivity index (χ0n) is 10.9. The summed E-state index contributed by atoms with van der Waals surface area (Å²) < 4.78 is 21.4. The zero-order chi connectivity index (χ0) is 15.6. The highest BCUT2D eigenvalue weighted by Gasteiger charge is 2.04. The van der Waals surface area contributed by atoms with Gasteiger partial charge in [-0.25, -0.2) is 13.6 Å². The van der Waals surface area contributed by atoms with Gasteiger partial charge < -0.3 is 5.73 Å². The van der Waals surface area contributed by atoms with Crippen LogP contribution in [-0.4, -0.2) is 20.0 Å². The molecule has 0 saturated carbocycles. The third kappa shape index (κ3) is 9.69. The number of nitrogen functional groups attached to an aromatic ring is 1. The highest BCUT2D eigenvalue weighted by atomic mass is 32.2. The van der Waals surface area contributed by atoms with E-state index in [1.807, 2.05) is 0 Å². The first-order chi connectivity index (χ1) is 8.64. The first kappa shape index (κ1) is 19.4. The molecule has 4 N–H and O–H groups in total. The SMILES string of the molecule is C=C.CC(=O)C(C)=O.Nc1ccc(S(N)(=O)=O)cc1. The van der Waals surface area contributed by atoms with E-state index in [4.69, 9.17) is 10.9 Å². The molecule has 0 unspecified atom stereocenters. The van der Waals surface area contributed by atoms with Crippen molar-refractivity contribution in [1.29, 1.82) is 0 Å². The molecular formula is C12H18N2O4S. The van der Waals surface area contributed by atoms with Gasteiger partial charge in [0.2, 0.25) is 10.0 Å². The third-order valence-corrected chi connectivity index (χ3v) is 2.63. The average molecular weight is 286 g/mol. The lowest BCUT2D eigenvalue weighted by Crippen LogP contribution is -2.11. The van der Waals surface area contributed by atoms with Crippen molar-refractivity contribution >= 4 is 27.3 Å². The van der Waals surface area contributed by atoms with E-state index in [9.17, 15) is 18.0 Å². The van der Waals surface area contributed by atoms with Gasteiger partial charge in [-0.05, 0) is 24.3 Å². The quantitative estimate of drug-likeness (QED) is 0.475. The van der Waals surface area contributed by atoms with Crippen molar-refractivity contribution < 1.29 is 18.0 Å². The number of benzene rings is 1. The number of anilines is 1. The van der Waals surface area contributed by atoms with E-state index in [0.717, 1.165) is 0 Å². The normalized spacial score (nSPS) is 9.21. The molecule has 0 aliphatic carbocycles. The molecule has 0 amide bonds. The van der Waals surface area contributed by atoms with Crippen LogP contribution in [0.5, 0.6) is 0 Å². The maximum Gasteiger partial charge on any atom is 0.238 e. The molecule has 0 aliphatic heterocycles. The Morgan fingerprint density at radius 3 is 1.53 bits per heavy atom. The Hall–Kier alpha value is -1.99. The molecule has 1 rings (SSSR count). The smallest absolute Gasteiger partial charge is 0.238 e. The predicted molar refractivity (Wildman–Crippen MR) is 74.8 cm³/mol. The molecule has 0 atom stereocenters. The number of hydrogen-bond acceptors (Lipinski definition) is 5. The third-order valence-electron chi connectivity index (χ3n) is 1.70. The van der Waals surface area contributed by atoms with Crippen molar-refractivity contribution in [3.05, 3.63) is 37.4 Å². The first-order valence-electron chi connectivity index (χ1n) is 5.04. The van der Waals surface area contributed by atoms with Crippen molar-refractivity contribution in [2.75, 3.05) is 5.73 Å². The molecular weight excluding hydrogens is 268 g/mol. The Labute approximate surface area is 113 Å². The van der Waals surface area contributed by atoms with E-state index in [2.05, 4.69) is 13.2 Å². The van der Waals surface area contributed by atoms with Crippen molar-refractivity contribution in [2.45, 2.75) is 18.7 Å². The summed E-state index contributed by atoms with van der Waals surface area (Å²) in [5, 5.41) is 4.84. The molecule has 0 radical (unpaired) electrons. The molecule has 6 nitrogen and oxygen atoms in total. The minimum Gasteiger partial charge on any atom is -0.399 e. The number of ketones is 2. The predicted octanol–water partition coefficient (Wildman–Crippen LogP) is 0.883. The van der Waals surface area contributed by atoms with E-state index in [-0.39, 0.29) is 16.5 Å². The number of carbonyl (C=O) groups is 2. The summed E-state index contributed by atoms with van der Waals surface area (Å²) in [5.74, 6) is -0.759. The fraction of sp³-hybridized carbons (Fsp3) is 0.167. The lowest BCUT2D eigenvalue weighted by Gasteiger charge is -1.96. The van der Waals surface area contributed by atoms with E-state index in [1.165, 1.54) is 38.1 Å². The van der Waals surface area contributed by atoms with Crippen LogP contribution in [0.4, 0.5) is 5.69 Å². The fourth-order valence-corrected chi connectivity index (χ4v) is 1.17. The van der Waals surface area contributed by atoms with Crippen LogP contribution in [-0.2, 0) is 19.6 Å². The number of sulfonamides is 1. The molecule has 0 fully saturated rings. The maximum atomic E-state index is 10.7. The first-order valence-corrected chi connectivity index (χ1v) is 6.59. The molecule has 19 heavy (non-hydrogen) atoms. The van der Waals surface area contributed by atoms with Crippen LogP contribution in [0.15, 0.2) is 42.3 Å². The van der Waals surface area contributed by atoms with Gasteiger partial charge in [-0.2, -0.15) is 0 Å². The van der Waals surface area contributed by atoms with Crippen LogP contribution < -0.4 is 10.9 Å². The van der Waals surface area contributed by atoms with Crippen LogP contribution in [0, 0.1) is 0 Å². The second-order valence-corrected chi connectivity index (χ2v) is 4.79. The van der Waals surface area contributed by atoms with Crippen LogP contribution in [0.2, 0.25) is 0 Å². The van der Waals surface area contributed by atoms with Gasteiger partial charge in [-0.15, -0.1) is 13.2 Å². The minimum atomic E-state index is -3.58. The largest absolute Gasteiger partial charge is 0.399 e. The van der Waals surface area contributed by atoms with Gasteiger partial charge in [-0.3, -0.25) is 9.59 Å². The van der Waals surface area contributed by atoms with Gasteiger partial charge in [0.25, 0.3) is 0 Å². The van der Waals surface area contributed by atoms with Crippen molar-refractivity contribution in [2.24, 2.45) is 5.14 Å². The van der Waals surface area contributed by atoms with Gasteiger partial charge in [0.05, 0.1) is 4.90 Å². The Morgan fingerprint density at radius 1 is 1.00 bits per heavy atom. The van der Waals surface area contributed by atoms with Crippen molar-refractivity contribution in [1.82, 2.24) is 0 Å². The van der Waals surface area contributed by atoms with Crippen LogP contribution >= 0.6 is 0 Å². The maximum absolute atomic E-state index is 10.7. The molecule has 0 aromatic heterocycles. The molecule has 7 heteroatoms. The van der Waals surface area contributed by atoms with Gasteiger partial charge in [-0.1, -0.05) is 0 Å². The van der Waals surface area contributed by atoms with Crippen molar-refractivity contribution in [3.8, 4) is 0 Å². The number of carbonyl (C=O) groups excluding carboxylic acids is 2. The molecule has 1 aromatic rings. The van der Waals surface area contributed by atoms with Crippen LogP contribution in [0.3, 0.4) is 0 Å². The summed E-state index contributed by atoms with van der Waals surface area (Å²) in [6, 6.07) is 5.70. The Bertz CT molecular complexity index is 509. The van der Waals surface area contributed by atoms with E-state index >= 15 is 0 Å². The summed E-state index contributed by atoms with van der Waals surface area (Å²) >= 11 is 0. The van der Waals surface area contributed by atoms with Gasteiger partial charge in [0.1, 0.15) is 0 Å². The topological polar surface area (TPSA) is 120 Å². The van der Waals surface area contributed by atoms with Gasteiger partial charge >= 0.3 is 0 Å². The fourth-order valence-electron chi connectivity index (χ4n) is 0.658. The van der Waals surface area contributed by atoms with Gasteiger partial charge in [0, 0.05) is 19.5 Å². The highest BCUT2D eigenvalue weighted by molar-refractivity contribution is 7.89. The number of hydrogen-bond donors (Lipinski definition) is 2. The summed E-state index contributed by atoms with van der Waals surface area (Å²) in [5.41, 5.74) is 5.85. The zero-order valence-corrected chi connectivity index (χ0v) is 11.7. The summed E-state index contributed by atoms with van der Waals surface area (Å²) in [6.45, 7) is 8.50. The summed E-state index contributed by atoms with van der Waals surface area (Å²) in [7, 11) is -3.58. The molecule has 0 heterocycles. The minimum absolute atomic E-state index is 0.0756. The summed E-state index contributed by atoms with van der Waals surface area (Å²) in [4.78, 5) is 19.7. The molecule has 0 spiro atoms. The second kappa shape index (κ2) is 9.01.